The van der Waals surface area contributed by atoms with Crippen molar-refractivity contribution in [3.05, 3.63) is 269 Å². The molecule has 288 valence electrons. The molecule has 13 rings (SSSR count). The van der Waals surface area contributed by atoms with Crippen LogP contribution in [0.4, 0.5) is 0 Å². The highest BCUT2D eigenvalue weighted by atomic mass is 15.0. The minimum Gasteiger partial charge on any atom is -0.208 e. The van der Waals surface area contributed by atoms with Crippen molar-refractivity contribution < 1.29 is 0 Å². The number of benzene rings is 9. The zero-order valence-electron chi connectivity index (χ0n) is 33.7. The maximum Gasteiger partial charge on any atom is 0.164 e. The van der Waals surface area contributed by atoms with Crippen molar-refractivity contribution >= 4 is 0 Å². The zero-order chi connectivity index (χ0) is 40.8. The molecule has 0 aliphatic heterocycles. The number of nitrogens with zero attached hydrogens (tertiary/aromatic N) is 3. The maximum absolute atomic E-state index is 5.03. The van der Waals surface area contributed by atoms with E-state index in [2.05, 4.69) is 164 Å². The third-order valence-corrected chi connectivity index (χ3v) is 13.6. The molecule has 3 aliphatic rings. The predicted molar refractivity (Wildman–Crippen MR) is 250 cm³/mol. The molecule has 3 nitrogen and oxygen atoms in total. The minimum atomic E-state index is -0.542. The summed E-state index contributed by atoms with van der Waals surface area (Å²) in [6, 6.07) is 81.9. The van der Waals surface area contributed by atoms with E-state index in [4.69, 9.17) is 15.0 Å². The SMILES string of the molecule is c1ccc(-c2nc(-c3ccccc3)nc(-c3ccc(-c4cccc5c4-c4ccccc4C54c5ccccc5C5(c6ccccc6-c6ccccc65)c5ccccc54)cc3)n2)cc1. The molecule has 62 heavy (non-hydrogen) atoms. The summed E-state index contributed by atoms with van der Waals surface area (Å²) >= 11 is 0. The number of fused-ring (bicyclic) bond motifs is 16. The molecule has 0 bridgehead atoms. The van der Waals surface area contributed by atoms with Gasteiger partial charge in [0.1, 0.15) is 0 Å². The average molecular weight is 788 g/mol. The number of aromatic nitrogens is 3. The molecule has 3 aliphatic carbocycles. The first-order valence-electron chi connectivity index (χ1n) is 21.4. The second-order valence-corrected chi connectivity index (χ2v) is 16.6. The summed E-state index contributed by atoms with van der Waals surface area (Å²) in [5, 5.41) is 0. The van der Waals surface area contributed by atoms with Crippen molar-refractivity contribution in [1.82, 2.24) is 15.0 Å². The number of hydrogen-bond acceptors (Lipinski definition) is 3. The van der Waals surface area contributed by atoms with Gasteiger partial charge in [0.05, 0.1) is 10.8 Å². The standard InChI is InChI=1S/C59H37N3/c1-3-18-39(19-4-1)55-60-56(40-20-5-2-6-21-40)62-57(61-55)41-36-34-38(35-37-41)42-25-17-33-53-54(42)45-24-9-12-28-48(45)59(53)51-31-15-13-29-49(51)58(50-30-14-16-32-52(50)59)46-26-10-7-22-43(46)44-23-8-11-27-47(44)58/h1-37H. The summed E-state index contributed by atoms with van der Waals surface area (Å²) in [6.45, 7) is 0. The fraction of sp³-hybridized carbons (Fsp3) is 0.0339. The molecule has 0 saturated heterocycles. The summed E-state index contributed by atoms with van der Waals surface area (Å²) < 4.78 is 0. The molecule has 0 unspecified atom stereocenters. The maximum atomic E-state index is 5.03. The summed E-state index contributed by atoms with van der Waals surface area (Å²) in [5.41, 5.74) is 20.0. The second kappa shape index (κ2) is 13.2. The van der Waals surface area contributed by atoms with Crippen LogP contribution in [0.3, 0.4) is 0 Å². The number of hydrogen-bond donors (Lipinski definition) is 0. The third kappa shape index (κ3) is 4.62. The van der Waals surface area contributed by atoms with E-state index >= 15 is 0 Å². The Morgan fingerprint density at radius 3 is 0.984 bits per heavy atom. The van der Waals surface area contributed by atoms with E-state index in [1.54, 1.807) is 0 Å². The quantitative estimate of drug-likeness (QED) is 0.178. The smallest absolute Gasteiger partial charge is 0.164 e. The van der Waals surface area contributed by atoms with Gasteiger partial charge in [-0.2, -0.15) is 0 Å². The molecule has 0 radical (unpaired) electrons. The fourth-order valence-electron chi connectivity index (χ4n) is 11.3. The van der Waals surface area contributed by atoms with Gasteiger partial charge in [0.2, 0.25) is 0 Å². The molecule has 2 spiro atoms. The highest BCUT2D eigenvalue weighted by Crippen LogP contribution is 2.68. The summed E-state index contributed by atoms with van der Waals surface area (Å²) in [7, 11) is 0. The first kappa shape index (κ1) is 34.8. The normalized spacial score (nSPS) is 14.1. The van der Waals surface area contributed by atoms with Crippen LogP contribution in [0.2, 0.25) is 0 Å². The first-order chi connectivity index (χ1) is 30.8. The van der Waals surface area contributed by atoms with E-state index in [9.17, 15) is 0 Å². The molecule has 9 aromatic carbocycles. The largest absolute Gasteiger partial charge is 0.208 e. The molecule has 10 aromatic rings. The summed E-state index contributed by atoms with van der Waals surface area (Å²) in [5.74, 6) is 1.95. The Hall–Kier alpha value is -8.01. The van der Waals surface area contributed by atoms with E-state index in [0.717, 1.165) is 22.3 Å². The molecule has 3 heteroatoms. The van der Waals surface area contributed by atoms with Crippen LogP contribution in [-0.4, -0.2) is 15.0 Å². The van der Waals surface area contributed by atoms with Crippen LogP contribution in [0.25, 0.3) is 67.5 Å². The molecule has 1 heterocycles. The average Bonchev–Trinajstić information content (AvgIpc) is 3.82. The van der Waals surface area contributed by atoms with Crippen molar-refractivity contribution in [1.29, 1.82) is 0 Å². The Labute approximate surface area is 360 Å². The van der Waals surface area contributed by atoms with E-state index in [-0.39, 0.29) is 0 Å². The van der Waals surface area contributed by atoms with Crippen LogP contribution in [0.1, 0.15) is 44.5 Å². The first-order valence-corrected chi connectivity index (χ1v) is 21.4. The lowest BCUT2D eigenvalue weighted by atomic mass is 9.52. The van der Waals surface area contributed by atoms with Gasteiger partial charge in [-0.15, -0.1) is 0 Å². The summed E-state index contributed by atoms with van der Waals surface area (Å²) in [6.07, 6.45) is 0. The van der Waals surface area contributed by atoms with Crippen LogP contribution in [0.5, 0.6) is 0 Å². The van der Waals surface area contributed by atoms with Crippen LogP contribution < -0.4 is 0 Å². The van der Waals surface area contributed by atoms with Crippen molar-refractivity contribution in [2.75, 3.05) is 0 Å². The Kier molecular flexibility index (Phi) is 7.44. The van der Waals surface area contributed by atoms with E-state index in [1.165, 1.54) is 72.3 Å². The van der Waals surface area contributed by atoms with E-state index < -0.39 is 10.8 Å². The van der Waals surface area contributed by atoms with Crippen LogP contribution in [0.15, 0.2) is 224 Å². The van der Waals surface area contributed by atoms with Crippen molar-refractivity contribution in [3.8, 4) is 67.5 Å². The fourth-order valence-corrected chi connectivity index (χ4v) is 11.3. The van der Waals surface area contributed by atoms with Gasteiger partial charge in [-0.3, -0.25) is 0 Å². The second-order valence-electron chi connectivity index (χ2n) is 16.6. The molecule has 0 fully saturated rings. The molecule has 0 atom stereocenters. The van der Waals surface area contributed by atoms with E-state index in [1.807, 2.05) is 60.7 Å². The Balaban J connectivity index is 1.02. The topological polar surface area (TPSA) is 38.7 Å². The van der Waals surface area contributed by atoms with Crippen molar-refractivity contribution in [2.24, 2.45) is 0 Å². The number of rotatable bonds is 4. The van der Waals surface area contributed by atoms with Gasteiger partial charge in [0.15, 0.2) is 17.5 Å². The summed E-state index contributed by atoms with van der Waals surface area (Å²) in [4.78, 5) is 15.0. The molecule has 0 amide bonds. The molecule has 0 saturated carbocycles. The van der Waals surface area contributed by atoms with Gasteiger partial charge < -0.3 is 0 Å². The van der Waals surface area contributed by atoms with Gasteiger partial charge >= 0.3 is 0 Å². The highest BCUT2D eigenvalue weighted by molar-refractivity contribution is 5.98. The van der Waals surface area contributed by atoms with Crippen molar-refractivity contribution in [2.45, 2.75) is 10.8 Å². The lowest BCUT2D eigenvalue weighted by molar-refractivity contribution is 0.633. The lowest BCUT2D eigenvalue weighted by Gasteiger charge is -2.48. The van der Waals surface area contributed by atoms with Gasteiger partial charge in [-0.05, 0) is 77.9 Å². The van der Waals surface area contributed by atoms with Gasteiger partial charge in [0, 0.05) is 16.7 Å². The molecular weight excluding hydrogens is 751 g/mol. The minimum absolute atomic E-state index is 0.466. The lowest BCUT2D eigenvalue weighted by Crippen LogP contribution is -2.43. The van der Waals surface area contributed by atoms with Gasteiger partial charge in [0.25, 0.3) is 0 Å². The third-order valence-electron chi connectivity index (χ3n) is 13.6. The predicted octanol–water partition coefficient (Wildman–Crippen LogP) is 13.6. The van der Waals surface area contributed by atoms with Crippen LogP contribution >= 0.6 is 0 Å². The Morgan fingerprint density at radius 2 is 0.516 bits per heavy atom. The highest BCUT2D eigenvalue weighted by Gasteiger charge is 2.59. The molecule has 1 aromatic heterocycles. The monoisotopic (exact) mass is 787 g/mol. The van der Waals surface area contributed by atoms with Gasteiger partial charge in [-0.25, -0.2) is 15.0 Å². The van der Waals surface area contributed by atoms with Crippen LogP contribution in [0, 0.1) is 0 Å². The van der Waals surface area contributed by atoms with Crippen LogP contribution in [-0.2, 0) is 10.8 Å². The molecular formula is C59H37N3. The van der Waals surface area contributed by atoms with Crippen molar-refractivity contribution in [3.63, 3.8) is 0 Å². The molecule has 0 N–H and O–H groups in total. The van der Waals surface area contributed by atoms with Gasteiger partial charge in [-0.1, -0.05) is 224 Å². The zero-order valence-corrected chi connectivity index (χ0v) is 33.7. The Morgan fingerprint density at radius 1 is 0.210 bits per heavy atom. The van der Waals surface area contributed by atoms with E-state index in [0.29, 0.717) is 17.5 Å². The Bertz CT molecular complexity index is 3250.